The van der Waals surface area contributed by atoms with Crippen molar-refractivity contribution in [2.75, 3.05) is 0 Å². The minimum Gasteiger partial charge on any atom is -0.207 e. The molecule has 21 heavy (non-hydrogen) atoms. The highest BCUT2D eigenvalue weighted by Crippen LogP contribution is 2.31. The average molecular weight is 343 g/mol. The molecule has 0 heterocycles. The molecule has 0 fully saturated rings. The Labute approximate surface area is 132 Å². The van der Waals surface area contributed by atoms with Gasteiger partial charge in [-0.1, -0.05) is 70.5 Å². The zero-order valence-electron chi connectivity index (χ0n) is 11.8. The van der Waals surface area contributed by atoms with Crippen molar-refractivity contribution in [1.82, 2.24) is 0 Å². The van der Waals surface area contributed by atoms with Crippen LogP contribution in [0.2, 0.25) is 0 Å². The lowest BCUT2D eigenvalue weighted by atomic mass is 9.98. The summed E-state index contributed by atoms with van der Waals surface area (Å²) in [6, 6.07) is 20.1. The molecule has 1 atom stereocenters. The molecule has 0 spiro atoms. The Bertz CT molecular complexity index is 774. The molecular formula is C19H16BrF. The lowest BCUT2D eigenvalue weighted by Gasteiger charge is -2.13. The first-order valence-electron chi connectivity index (χ1n) is 7.02. The Hall–Kier alpha value is -1.67. The van der Waals surface area contributed by atoms with E-state index in [0.717, 1.165) is 12.0 Å². The summed E-state index contributed by atoms with van der Waals surface area (Å²) in [7, 11) is 0. The Morgan fingerprint density at radius 3 is 2.57 bits per heavy atom. The van der Waals surface area contributed by atoms with E-state index >= 15 is 0 Å². The largest absolute Gasteiger partial charge is 0.207 e. The molecule has 0 N–H and O–H groups in total. The summed E-state index contributed by atoms with van der Waals surface area (Å²) in [5.41, 5.74) is 3.11. The molecule has 106 valence electrons. The molecule has 0 saturated heterocycles. The molecular weight excluding hydrogens is 327 g/mol. The van der Waals surface area contributed by atoms with Gasteiger partial charge in [0.25, 0.3) is 0 Å². The number of aryl methyl sites for hydroxylation is 1. The average Bonchev–Trinajstić information content (AvgIpc) is 2.50. The molecule has 0 amide bonds. The van der Waals surface area contributed by atoms with Crippen LogP contribution in [0.4, 0.5) is 4.39 Å². The van der Waals surface area contributed by atoms with Crippen molar-refractivity contribution in [3.8, 4) is 0 Å². The van der Waals surface area contributed by atoms with Gasteiger partial charge in [0.2, 0.25) is 0 Å². The van der Waals surface area contributed by atoms with Gasteiger partial charge in [0.05, 0.1) is 0 Å². The van der Waals surface area contributed by atoms with Gasteiger partial charge in [-0.05, 0) is 46.9 Å². The van der Waals surface area contributed by atoms with Crippen LogP contribution < -0.4 is 0 Å². The van der Waals surface area contributed by atoms with E-state index in [9.17, 15) is 4.39 Å². The van der Waals surface area contributed by atoms with Crippen LogP contribution in [-0.4, -0.2) is 0 Å². The van der Waals surface area contributed by atoms with Crippen molar-refractivity contribution in [2.24, 2.45) is 0 Å². The summed E-state index contributed by atoms with van der Waals surface area (Å²) in [5.74, 6) is -0.149. The van der Waals surface area contributed by atoms with Crippen molar-refractivity contribution in [1.29, 1.82) is 0 Å². The van der Waals surface area contributed by atoms with Gasteiger partial charge in [-0.25, -0.2) is 4.39 Å². The molecule has 0 nitrogen and oxygen atoms in total. The SMILES string of the molecule is Cc1cc(C(Br)Cc2cccc3ccccc23)ccc1F. The first kappa shape index (κ1) is 14.3. The minimum atomic E-state index is -0.149. The molecule has 3 aromatic rings. The monoisotopic (exact) mass is 342 g/mol. The van der Waals surface area contributed by atoms with Crippen LogP contribution in [0.3, 0.4) is 0 Å². The Kier molecular flexibility index (Phi) is 4.07. The zero-order chi connectivity index (χ0) is 14.8. The number of fused-ring (bicyclic) bond motifs is 1. The van der Waals surface area contributed by atoms with Crippen LogP contribution in [0.15, 0.2) is 60.7 Å². The van der Waals surface area contributed by atoms with E-state index < -0.39 is 0 Å². The van der Waals surface area contributed by atoms with Crippen molar-refractivity contribution in [3.63, 3.8) is 0 Å². The number of benzene rings is 3. The minimum absolute atomic E-state index is 0.149. The van der Waals surface area contributed by atoms with Crippen molar-refractivity contribution in [3.05, 3.63) is 83.2 Å². The Morgan fingerprint density at radius 1 is 1.00 bits per heavy atom. The topological polar surface area (TPSA) is 0 Å². The second-order valence-corrected chi connectivity index (χ2v) is 6.42. The van der Waals surface area contributed by atoms with Crippen LogP contribution in [0, 0.1) is 12.7 Å². The van der Waals surface area contributed by atoms with E-state index in [0.29, 0.717) is 5.56 Å². The summed E-state index contributed by atoms with van der Waals surface area (Å²) < 4.78 is 13.4. The highest BCUT2D eigenvalue weighted by molar-refractivity contribution is 9.09. The summed E-state index contributed by atoms with van der Waals surface area (Å²) >= 11 is 3.74. The van der Waals surface area contributed by atoms with Crippen molar-refractivity contribution >= 4 is 26.7 Å². The van der Waals surface area contributed by atoms with Crippen LogP contribution in [0.25, 0.3) is 10.8 Å². The van der Waals surface area contributed by atoms with Gasteiger partial charge < -0.3 is 0 Å². The standard InChI is InChI=1S/C19H16BrF/c1-13-11-16(9-10-19(13)21)18(20)12-15-7-4-6-14-5-2-3-8-17(14)15/h2-11,18H,12H2,1H3. The third-order valence-electron chi connectivity index (χ3n) is 3.82. The van der Waals surface area contributed by atoms with E-state index in [4.69, 9.17) is 0 Å². The highest BCUT2D eigenvalue weighted by atomic mass is 79.9. The van der Waals surface area contributed by atoms with E-state index in [2.05, 4.69) is 58.4 Å². The molecule has 0 saturated carbocycles. The lowest BCUT2D eigenvalue weighted by Crippen LogP contribution is -1.97. The molecule has 0 bridgehead atoms. The van der Waals surface area contributed by atoms with Crippen LogP contribution in [0.5, 0.6) is 0 Å². The third kappa shape index (κ3) is 3.01. The maximum Gasteiger partial charge on any atom is 0.126 e. The second kappa shape index (κ2) is 5.98. The highest BCUT2D eigenvalue weighted by Gasteiger charge is 2.11. The summed E-state index contributed by atoms with van der Waals surface area (Å²) in [6.07, 6.45) is 0.881. The van der Waals surface area contributed by atoms with Crippen molar-refractivity contribution in [2.45, 2.75) is 18.2 Å². The first-order valence-corrected chi connectivity index (χ1v) is 7.93. The summed E-state index contributed by atoms with van der Waals surface area (Å²) in [6.45, 7) is 1.80. The molecule has 0 aromatic heterocycles. The van der Waals surface area contributed by atoms with E-state index in [1.165, 1.54) is 16.3 Å². The van der Waals surface area contributed by atoms with Crippen LogP contribution in [0.1, 0.15) is 21.5 Å². The van der Waals surface area contributed by atoms with Gasteiger partial charge in [0, 0.05) is 4.83 Å². The molecule has 0 radical (unpaired) electrons. The maximum atomic E-state index is 13.4. The predicted molar refractivity (Wildman–Crippen MR) is 90.5 cm³/mol. The number of halogens is 2. The quantitative estimate of drug-likeness (QED) is 0.514. The maximum absolute atomic E-state index is 13.4. The molecule has 2 heteroatoms. The molecule has 0 aliphatic heterocycles. The number of hydrogen-bond acceptors (Lipinski definition) is 0. The predicted octanol–water partition coefficient (Wildman–Crippen LogP) is 5.97. The molecule has 1 unspecified atom stereocenters. The fourth-order valence-corrected chi connectivity index (χ4v) is 3.28. The fourth-order valence-electron chi connectivity index (χ4n) is 2.64. The molecule has 3 aromatic carbocycles. The van der Waals surface area contributed by atoms with Crippen LogP contribution in [-0.2, 0) is 6.42 Å². The van der Waals surface area contributed by atoms with Gasteiger partial charge >= 0.3 is 0 Å². The second-order valence-electron chi connectivity index (χ2n) is 5.32. The lowest BCUT2D eigenvalue weighted by molar-refractivity contribution is 0.617. The van der Waals surface area contributed by atoms with Gasteiger partial charge in [-0.15, -0.1) is 0 Å². The first-order chi connectivity index (χ1) is 10.1. The molecule has 0 aliphatic rings. The summed E-state index contributed by atoms with van der Waals surface area (Å²) in [4.78, 5) is 0.183. The Balaban J connectivity index is 1.92. The van der Waals surface area contributed by atoms with Gasteiger partial charge in [-0.3, -0.25) is 0 Å². The Morgan fingerprint density at radius 2 is 1.76 bits per heavy atom. The molecule has 3 rings (SSSR count). The van der Waals surface area contributed by atoms with Crippen LogP contribution >= 0.6 is 15.9 Å². The van der Waals surface area contributed by atoms with E-state index in [1.807, 2.05) is 12.1 Å². The zero-order valence-corrected chi connectivity index (χ0v) is 13.4. The summed E-state index contributed by atoms with van der Waals surface area (Å²) in [5, 5.41) is 2.54. The smallest absolute Gasteiger partial charge is 0.126 e. The number of alkyl halides is 1. The number of rotatable bonds is 3. The normalized spacial score (nSPS) is 12.5. The van der Waals surface area contributed by atoms with Gasteiger partial charge in [-0.2, -0.15) is 0 Å². The van der Waals surface area contributed by atoms with Gasteiger partial charge in [0.15, 0.2) is 0 Å². The third-order valence-corrected chi connectivity index (χ3v) is 4.68. The van der Waals surface area contributed by atoms with E-state index in [-0.39, 0.29) is 10.6 Å². The number of hydrogen-bond donors (Lipinski definition) is 0. The fraction of sp³-hybridized carbons (Fsp3) is 0.158. The van der Waals surface area contributed by atoms with Gasteiger partial charge in [0.1, 0.15) is 5.82 Å². The van der Waals surface area contributed by atoms with E-state index in [1.54, 1.807) is 13.0 Å². The van der Waals surface area contributed by atoms with Crippen molar-refractivity contribution < 1.29 is 4.39 Å². The molecule has 0 aliphatic carbocycles.